The molecule has 2 N–H and O–H groups in total. The summed E-state index contributed by atoms with van der Waals surface area (Å²) in [5.41, 5.74) is 4.42. The van der Waals surface area contributed by atoms with E-state index in [0.717, 1.165) is 21.0 Å². The molecule has 0 saturated heterocycles. The number of hydrogen-bond acceptors (Lipinski definition) is 4. The summed E-state index contributed by atoms with van der Waals surface area (Å²) in [6.45, 7) is 6.95. The van der Waals surface area contributed by atoms with Crippen LogP contribution in [0.2, 0.25) is 0 Å². The van der Waals surface area contributed by atoms with Gasteiger partial charge in [-0.1, -0.05) is 72.3 Å². The molecule has 0 heterocycles. The van der Waals surface area contributed by atoms with E-state index in [0.29, 0.717) is 16.9 Å². The largest absolute Gasteiger partial charge is 0.345 e. The summed E-state index contributed by atoms with van der Waals surface area (Å²) in [4.78, 5) is 26.6. The van der Waals surface area contributed by atoms with E-state index >= 15 is 0 Å². The summed E-state index contributed by atoms with van der Waals surface area (Å²) < 4.78 is 28.7. The summed E-state index contributed by atoms with van der Waals surface area (Å²) >= 11 is 0. The number of para-hydroxylation sites is 1. The zero-order valence-corrected chi connectivity index (χ0v) is 23.8. The van der Waals surface area contributed by atoms with Crippen molar-refractivity contribution in [2.45, 2.75) is 38.6 Å². The molecule has 0 saturated carbocycles. The molecule has 7 nitrogen and oxygen atoms in total. The molecule has 0 fully saturated rings. The van der Waals surface area contributed by atoms with Crippen molar-refractivity contribution >= 4 is 33.2 Å². The highest BCUT2D eigenvalue weighted by Crippen LogP contribution is 2.28. The smallest absolute Gasteiger partial charge is 0.264 e. The Labute approximate surface area is 235 Å². The molecule has 4 aromatic carbocycles. The number of nitrogens with zero attached hydrogens (tertiary/aromatic N) is 1. The lowest BCUT2D eigenvalue weighted by atomic mass is 10.1. The maximum absolute atomic E-state index is 13.8. The van der Waals surface area contributed by atoms with Gasteiger partial charge in [0.05, 0.1) is 27.9 Å². The number of amides is 2. The topological polar surface area (TPSA) is 95.6 Å². The van der Waals surface area contributed by atoms with Gasteiger partial charge in [-0.2, -0.15) is 0 Å². The van der Waals surface area contributed by atoms with Gasteiger partial charge in [0.25, 0.3) is 15.9 Å². The molecule has 40 heavy (non-hydrogen) atoms. The van der Waals surface area contributed by atoms with E-state index in [1.165, 1.54) is 12.1 Å². The molecule has 0 aliphatic heterocycles. The van der Waals surface area contributed by atoms with Gasteiger partial charge in [-0.15, -0.1) is 0 Å². The van der Waals surface area contributed by atoms with Gasteiger partial charge < -0.3 is 10.6 Å². The molecule has 0 bridgehead atoms. The highest BCUT2D eigenvalue weighted by atomic mass is 32.2. The Morgan fingerprint density at radius 1 is 0.800 bits per heavy atom. The first-order valence-corrected chi connectivity index (χ1v) is 14.4. The van der Waals surface area contributed by atoms with Crippen molar-refractivity contribution in [1.29, 1.82) is 0 Å². The lowest BCUT2D eigenvalue weighted by molar-refractivity contribution is -0.114. The molecule has 0 aliphatic carbocycles. The number of rotatable bonds is 9. The number of hydrogen-bond donors (Lipinski definition) is 2. The predicted octanol–water partition coefficient (Wildman–Crippen LogP) is 5.94. The van der Waals surface area contributed by atoms with Crippen molar-refractivity contribution < 1.29 is 18.0 Å². The third-order valence-corrected chi connectivity index (χ3v) is 8.40. The monoisotopic (exact) mass is 555 g/mol. The van der Waals surface area contributed by atoms with Crippen molar-refractivity contribution in [3.8, 4) is 0 Å². The summed E-state index contributed by atoms with van der Waals surface area (Å²) in [6.07, 6.45) is 0. The molecular formula is C32H33N3O4S. The van der Waals surface area contributed by atoms with E-state index in [1.807, 2.05) is 63.2 Å². The zero-order valence-electron chi connectivity index (χ0n) is 23.0. The van der Waals surface area contributed by atoms with Crippen molar-refractivity contribution in [1.82, 2.24) is 5.32 Å². The maximum Gasteiger partial charge on any atom is 0.264 e. The first kappa shape index (κ1) is 28.6. The lowest BCUT2D eigenvalue weighted by Gasteiger charge is -2.26. The van der Waals surface area contributed by atoms with Crippen molar-refractivity contribution in [2.75, 3.05) is 16.2 Å². The SMILES string of the molecule is Cc1ccc(S(=O)(=O)N(CC(=O)Nc2ccccc2C(=O)N[C@@H](C)c2ccccc2)c2cc(C)ccc2C)cc1. The van der Waals surface area contributed by atoms with Gasteiger partial charge in [-0.05, 0) is 74.7 Å². The standard InChI is InChI=1S/C32H33N3O4S/c1-22-15-18-27(19-16-22)40(38,39)35(30-20-23(2)14-17-24(30)3)21-31(36)34-29-13-9-8-12-28(29)32(37)33-25(4)26-10-6-5-7-11-26/h5-20,25H,21H2,1-4H3,(H,33,37)(H,34,36)/t25-/m0/s1. The molecule has 8 heteroatoms. The molecule has 0 radical (unpaired) electrons. The minimum Gasteiger partial charge on any atom is -0.345 e. The molecule has 4 aromatic rings. The van der Waals surface area contributed by atoms with Crippen LogP contribution in [0.4, 0.5) is 11.4 Å². The van der Waals surface area contributed by atoms with Gasteiger partial charge in [-0.3, -0.25) is 13.9 Å². The highest BCUT2D eigenvalue weighted by molar-refractivity contribution is 7.92. The molecular weight excluding hydrogens is 522 g/mol. The zero-order chi connectivity index (χ0) is 28.9. The van der Waals surface area contributed by atoms with Crippen LogP contribution in [-0.2, 0) is 14.8 Å². The predicted molar refractivity (Wildman–Crippen MR) is 159 cm³/mol. The van der Waals surface area contributed by atoms with Crippen LogP contribution in [0, 0.1) is 20.8 Å². The Morgan fingerprint density at radius 3 is 2.12 bits per heavy atom. The van der Waals surface area contributed by atoms with Crippen LogP contribution in [0.25, 0.3) is 0 Å². The van der Waals surface area contributed by atoms with Crippen LogP contribution in [0.3, 0.4) is 0 Å². The van der Waals surface area contributed by atoms with Crippen LogP contribution in [0.1, 0.15) is 45.6 Å². The molecule has 0 aliphatic rings. The number of anilines is 2. The summed E-state index contributed by atoms with van der Waals surface area (Å²) in [5, 5.41) is 5.73. The number of carbonyl (C=O) groups is 2. The molecule has 1 atom stereocenters. The second-order valence-electron chi connectivity index (χ2n) is 9.81. The quantitative estimate of drug-likeness (QED) is 0.267. The molecule has 206 valence electrons. The van der Waals surface area contributed by atoms with E-state index < -0.39 is 22.5 Å². The third kappa shape index (κ3) is 6.58. The van der Waals surface area contributed by atoms with Crippen LogP contribution >= 0.6 is 0 Å². The Kier molecular flexibility index (Phi) is 8.70. The van der Waals surface area contributed by atoms with Crippen molar-refractivity contribution in [3.63, 3.8) is 0 Å². The van der Waals surface area contributed by atoms with Gasteiger partial charge in [-0.25, -0.2) is 8.42 Å². The van der Waals surface area contributed by atoms with Crippen LogP contribution in [-0.4, -0.2) is 26.8 Å². The first-order valence-electron chi connectivity index (χ1n) is 13.0. The normalized spacial score (nSPS) is 11.9. The van der Waals surface area contributed by atoms with Crippen molar-refractivity contribution in [2.24, 2.45) is 0 Å². The number of carbonyl (C=O) groups excluding carboxylic acids is 2. The molecule has 0 aromatic heterocycles. The van der Waals surface area contributed by atoms with E-state index in [4.69, 9.17) is 0 Å². The maximum atomic E-state index is 13.8. The van der Waals surface area contributed by atoms with Gasteiger partial charge in [0.1, 0.15) is 6.54 Å². The molecule has 0 unspecified atom stereocenters. The van der Waals surface area contributed by atoms with Gasteiger partial charge >= 0.3 is 0 Å². The fraction of sp³-hybridized carbons (Fsp3) is 0.188. The second kappa shape index (κ2) is 12.2. The number of sulfonamides is 1. The first-order chi connectivity index (χ1) is 19.1. The van der Waals surface area contributed by atoms with Crippen molar-refractivity contribution in [3.05, 3.63) is 125 Å². The van der Waals surface area contributed by atoms with Gasteiger partial charge in [0.15, 0.2) is 0 Å². The fourth-order valence-electron chi connectivity index (χ4n) is 4.33. The Bertz CT molecular complexity index is 1620. The molecule has 0 spiro atoms. The van der Waals surface area contributed by atoms with Crippen LogP contribution in [0.5, 0.6) is 0 Å². The fourth-order valence-corrected chi connectivity index (χ4v) is 5.81. The molecule has 2 amide bonds. The summed E-state index contributed by atoms with van der Waals surface area (Å²) in [6, 6.07) is 27.9. The third-order valence-electron chi connectivity index (χ3n) is 6.62. The number of benzene rings is 4. The molecule has 4 rings (SSSR count). The Balaban J connectivity index is 1.61. The summed E-state index contributed by atoms with van der Waals surface area (Å²) in [5.74, 6) is -0.932. The lowest BCUT2D eigenvalue weighted by Crippen LogP contribution is -2.39. The number of nitrogens with one attached hydrogen (secondary N) is 2. The average Bonchev–Trinajstić information content (AvgIpc) is 2.94. The average molecular weight is 556 g/mol. The Hall–Kier alpha value is -4.43. The summed E-state index contributed by atoms with van der Waals surface area (Å²) in [7, 11) is -4.08. The van der Waals surface area contributed by atoms with E-state index in [9.17, 15) is 18.0 Å². The van der Waals surface area contributed by atoms with E-state index in [-0.39, 0.29) is 22.4 Å². The van der Waals surface area contributed by atoms with Gasteiger partial charge in [0.2, 0.25) is 5.91 Å². The van der Waals surface area contributed by atoms with Crippen LogP contribution in [0.15, 0.2) is 102 Å². The highest BCUT2D eigenvalue weighted by Gasteiger charge is 2.29. The second-order valence-corrected chi connectivity index (χ2v) is 11.7. The number of aryl methyl sites for hydroxylation is 3. The van der Waals surface area contributed by atoms with E-state index in [1.54, 1.807) is 49.4 Å². The Morgan fingerprint density at radius 2 is 1.43 bits per heavy atom. The minimum absolute atomic E-state index is 0.0847. The minimum atomic E-state index is -4.08. The van der Waals surface area contributed by atoms with Crippen LogP contribution < -0.4 is 14.9 Å². The van der Waals surface area contributed by atoms with Gasteiger partial charge in [0, 0.05) is 0 Å². The van der Waals surface area contributed by atoms with E-state index in [2.05, 4.69) is 10.6 Å².